The summed E-state index contributed by atoms with van der Waals surface area (Å²) in [4.78, 5) is 42.7. The van der Waals surface area contributed by atoms with Crippen molar-refractivity contribution in [3.05, 3.63) is 119 Å². The molecule has 2 aromatic heterocycles. The van der Waals surface area contributed by atoms with Crippen LogP contribution in [0.4, 0.5) is 5.69 Å². The zero-order valence-electron chi connectivity index (χ0n) is 20.8. The molecule has 1 aliphatic rings. The fourth-order valence-electron chi connectivity index (χ4n) is 4.45. The largest absolute Gasteiger partial charge is 0.463 e. The smallest absolute Gasteiger partial charge is 0.338 e. The number of benzene rings is 2. The predicted molar refractivity (Wildman–Crippen MR) is 142 cm³/mol. The van der Waals surface area contributed by atoms with Crippen molar-refractivity contribution in [2.24, 2.45) is 4.99 Å². The van der Waals surface area contributed by atoms with Crippen LogP contribution >= 0.6 is 11.3 Å². The number of aromatic nitrogens is 1. The van der Waals surface area contributed by atoms with Crippen LogP contribution in [0.5, 0.6) is 0 Å². The molecule has 0 radical (unpaired) electrons. The third kappa shape index (κ3) is 4.50. The molecule has 0 bridgehead atoms. The number of nitrogens with zero attached hydrogens (tertiary/aromatic N) is 3. The van der Waals surface area contributed by atoms with Gasteiger partial charge in [-0.3, -0.25) is 19.5 Å². The van der Waals surface area contributed by atoms with Crippen LogP contribution in [-0.2, 0) is 9.53 Å². The SMILES string of the molecule is CCOC(=O)C1=C(C)N=c2s/c(=C\c3ccc(-c4ccc(C)cc4[N+](=O)[O-])o3)c(=O)n2[C@@H]1c1ccccc1. The van der Waals surface area contributed by atoms with E-state index >= 15 is 0 Å². The molecule has 0 N–H and O–H groups in total. The lowest BCUT2D eigenvalue weighted by molar-refractivity contribution is -0.384. The molecule has 38 heavy (non-hydrogen) atoms. The molecule has 1 aliphatic heterocycles. The van der Waals surface area contributed by atoms with Gasteiger partial charge in [0.1, 0.15) is 11.5 Å². The Bertz CT molecular complexity index is 1780. The maximum atomic E-state index is 13.7. The molecule has 0 spiro atoms. The van der Waals surface area contributed by atoms with Gasteiger partial charge in [-0.05, 0) is 50.1 Å². The van der Waals surface area contributed by atoms with Crippen LogP contribution in [0, 0.1) is 17.0 Å². The minimum atomic E-state index is -0.698. The molecule has 1 atom stereocenters. The number of carbonyl (C=O) groups excluding carboxylic acids is 1. The number of fused-ring (bicyclic) bond motifs is 1. The van der Waals surface area contributed by atoms with Crippen LogP contribution in [0.25, 0.3) is 17.4 Å². The van der Waals surface area contributed by atoms with Crippen LogP contribution in [-0.4, -0.2) is 22.1 Å². The number of thiazole rings is 1. The Labute approximate surface area is 220 Å². The average Bonchev–Trinajstić information content (AvgIpc) is 3.48. The number of carbonyl (C=O) groups is 1. The van der Waals surface area contributed by atoms with Crippen molar-refractivity contribution in [3.8, 4) is 11.3 Å². The number of nitro benzene ring substituents is 1. The molecule has 2 aromatic carbocycles. The second-order valence-corrected chi connectivity index (χ2v) is 9.70. The molecule has 10 heteroatoms. The number of hydrogen-bond acceptors (Lipinski definition) is 8. The fourth-order valence-corrected chi connectivity index (χ4v) is 5.47. The third-order valence-electron chi connectivity index (χ3n) is 6.15. The summed E-state index contributed by atoms with van der Waals surface area (Å²) in [6.45, 7) is 5.43. The highest BCUT2D eigenvalue weighted by Gasteiger charge is 2.33. The molecule has 0 aliphatic carbocycles. The van der Waals surface area contributed by atoms with Gasteiger partial charge in [-0.15, -0.1) is 0 Å². The number of ether oxygens (including phenoxy) is 1. The fraction of sp³-hybridized carbons (Fsp3) is 0.179. The summed E-state index contributed by atoms with van der Waals surface area (Å²) in [5.74, 6) is 0.156. The first-order chi connectivity index (χ1) is 18.3. The topological polar surface area (TPSA) is 117 Å². The molecule has 3 heterocycles. The Morgan fingerprint density at radius 1 is 1.18 bits per heavy atom. The van der Waals surface area contributed by atoms with E-state index in [2.05, 4.69) is 4.99 Å². The first-order valence-electron chi connectivity index (χ1n) is 11.9. The zero-order valence-corrected chi connectivity index (χ0v) is 21.7. The molecule has 0 saturated heterocycles. The number of allylic oxidation sites excluding steroid dienone is 1. The standard InChI is InChI=1S/C28H23N3O6S/c1-4-36-27(33)24-17(3)29-28-30(25(24)18-8-6-5-7-9-18)26(32)23(38-28)15-19-11-13-22(37-19)20-12-10-16(2)14-21(20)31(34)35/h5-15,25H,4H2,1-3H3/b23-15-/t25-/m1/s1. The lowest BCUT2D eigenvalue weighted by Crippen LogP contribution is -2.39. The second-order valence-electron chi connectivity index (χ2n) is 8.69. The lowest BCUT2D eigenvalue weighted by atomic mass is 9.96. The van der Waals surface area contributed by atoms with Crippen molar-refractivity contribution < 1.29 is 18.9 Å². The first kappa shape index (κ1) is 25.1. The molecule has 4 aromatic rings. The van der Waals surface area contributed by atoms with Gasteiger partial charge in [-0.25, -0.2) is 9.79 Å². The Morgan fingerprint density at radius 2 is 1.95 bits per heavy atom. The van der Waals surface area contributed by atoms with E-state index in [0.717, 1.165) is 11.1 Å². The predicted octanol–water partition coefficient (Wildman–Crippen LogP) is 4.27. The number of nitro groups is 1. The molecule has 0 unspecified atom stereocenters. The van der Waals surface area contributed by atoms with Gasteiger partial charge in [0.25, 0.3) is 11.2 Å². The number of furan rings is 1. The summed E-state index contributed by atoms with van der Waals surface area (Å²) in [5.41, 5.74) is 2.26. The summed E-state index contributed by atoms with van der Waals surface area (Å²) in [7, 11) is 0. The van der Waals surface area contributed by atoms with E-state index in [0.29, 0.717) is 37.7 Å². The average molecular weight is 530 g/mol. The Hall–Kier alpha value is -4.57. The lowest BCUT2D eigenvalue weighted by Gasteiger charge is -2.24. The van der Waals surface area contributed by atoms with Gasteiger partial charge in [0.05, 0.1) is 38.9 Å². The van der Waals surface area contributed by atoms with E-state index in [1.54, 1.807) is 51.1 Å². The molecule has 0 fully saturated rings. The van der Waals surface area contributed by atoms with Crippen molar-refractivity contribution in [3.63, 3.8) is 0 Å². The monoisotopic (exact) mass is 529 g/mol. The molecule has 0 saturated carbocycles. The van der Waals surface area contributed by atoms with Crippen molar-refractivity contribution in [2.75, 3.05) is 6.61 Å². The Balaban J connectivity index is 1.63. The second kappa shape index (κ2) is 10.1. The van der Waals surface area contributed by atoms with Crippen LogP contribution in [0.2, 0.25) is 0 Å². The van der Waals surface area contributed by atoms with Crippen molar-refractivity contribution in [1.29, 1.82) is 0 Å². The number of hydrogen-bond donors (Lipinski definition) is 0. The highest BCUT2D eigenvalue weighted by molar-refractivity contribution is 7.07. The summed E-state index contributed by atoms with van der Waals surface area (Å²) >= 11 is 1.17. The van der Waals surface area contributed by atoms with Gasteiger partial charge in [0, 0.05) is 12.1 Å². The Morgan fingerprint density at radius 3 is 2.66 bits per heavy atom. The van der Waals surface area contributed by atoms with Crippen LogP contribution in [0.1, 0.15) is 36.8 Å². The van der Waals surface area contributed by atoms with E-state index in [-0.39, 0.29) is 17.9 Å². The maximum absolute atomic E-state index is 13.7. The van der Waals surface area contributed by atoms with Gasteiger partial charge in [0.15, 0.2) is 4.80 Å². The quantitative estimate of drug-likeness (QED) is 0.209. The first-order valence-corrected chi connectivity index (χ1v) is 12.7. The van der Waals surface area contributed by atoms with E-state index in [9.17, 15) is 19.7 Å². The molecule has 9 nitrogen and oxygen atoms in total. The van der Waals surface area contributed by atoms with E-state index in [4.69, 9.17) is 9.15 Å². The highest BCUT2D eigenvalue weighted by atomic mass is 32.1. The van der Waals surface area contributed by atoms with Crippen molar-refractivity contribution >= 4 is 29.1 Å². The molecule has 192 valence electrons. The van der Waals surface area contributed by atoms with Gasteiger partial charge in [-0.1, -0.05) is 47.7 Å². The van der Waals surface area contributed by atoms with Gasteiger partial charge >= 0.3 is 5.97 Å². The Kier molecular flexibility index (Phi) is 6.64. The maximum Gasteiger partial charge on any atom is 0.338 e. The van der Waals surface area contributed by atoms with E-state index < -0.39 is 16.9 Å². The summed E-state index contributed by atoms with van der Waals surface area (Å²) < 4.78 is 13.0. The van der Waals surface area contributed by atoms with Crippen LogP contribution in [0.15, 0.2) is 86.1 Å². The molecule has 5 rings (SSSR count). The number of aryl methyl sites for hydroxylation is 1. The minimum Gasteiger partial charge on any atom is -0.463 e. The number of esters is 1. The van der Waals surface area contributed by atoms with Gasteiger partial charge in [-0.2, -0.15) is 0 Å². The molecular weight excluding hydrogens is 506 g/mol. The van der Waals surface area contributed by atoms with Gasteiger partial charge < -0.3 is 9.15 Å². The van der Waals surface area contributed by atoms with Gasteiger partial charge in [0.2, 0.25) is 0 Å². The zero-order chi connectivity index (χ0) is 27.0. The molecular formula is C28H23N3O6S. The normalized spacial score (nSPS) is 15.2. The molecule has 0 amide bonds. The summed E-state index contributed by atoms with van der Waals surface area (Å²) in [6, 6.07) is 16.8. The van der Waals surface area contributed by atoms with E-state index in [1.807, 2.05) is 30.3 Å². The third-order valence-corrected chi connectivity index (χ3v) is 7.13. The van der Waals surface area contributed by atoms with Crippen LogP contribution < -0.4 is 14.9 Å². The van der Waals surface area contributed by atoms with E-state index in [1.165, 1.54) is 22.0 Å². The summed E-state index contributed by atoms with van der Waals surface area (Å²) in [6.07, 6.45) is 1.58. The highest BCUT2D eigenvalue weighted by Crippen LogP contribution is 2.33. The van der Waals surface area contributed by atoms with Crippen molar-refractivity contribution in [1.82, 2.24) is 4.57 Å². The number of rotatable bonds is 6. The minimum absolute atomic E-state index is 0.0601. The van der Waals surface area contributed by atoms with Crippen LogP contribution in [0.3, 0.4) is 0 Å². The van der Waals surface area contributed by atoms with Crippen molar-refractivity contribution in [2.45, 2.75) is 26.8 Å². The summed E-state index contributed by atoms with van der Waals surface area (Å²) in [5, 5.41) is 11.6.